The van der Waals surface area contributed by atoms with Gasteiger partial charge in [-0.15, -0.1) is 0 Å². The van der Waals surface area contributed by atoms with Crippen LogP contribution in [0.4, 0.5) is 21.6 Å². The maximum atomic E-state index is 14.4. The summed E-state index contributed by atoms with van der Waals surface area (Å²) in [7, 11) is -2.14. The summed E-state index contributed by atoms with van der Waals surface area (Å²) >= 11 is 5.88. The highest BCUT2D eigenvalue weighted by atomic mass is 35.5. The van der Waals surface area contributed by atoms with Crippen molar-refractivity contribution in [2.75, 3.05) is 23.4 Å². The van der Waals surface area contributed by atoms with Gasteiger partial charge in [-0.05, 0) is 35.9 Å². The number of pyridine rings is 1. The van der Waals surface area contributed by atoms with Gasteiger partial charge < -0.3 is 10.1 Å². The number of sulfonamides is 1. The summed E-state index contributed by atoms with van der Waals surface area (Å²) < 4.78 is 45.3. The van der Waals surface area contributed by atoms with E-state index in [4.69, 9.17) is 16.3 Å². The van der Waals surface area contributed by atoms with E-state index in [0.29, 0.717) is 27.8 Å². The molecule has 11 heteroatoms. The van der Waals surface area contributed by atoms with Crippen molar-refractivity contribution in [3.63, 3.8) is 0 Å². The Morgan fingerprint density at radius 2 is 1.84 bits per heavy atom. The van der Waals surface area contributed by atoms with Crippen LogP contribution in [0.5, 0.6) is 5.88 Å². The van der Waals surface area contributed by atoms with Gasteiger partial charge in [0.05, 0.1) is 29.6 Å². The molecule has 32 heavy (non-hydrogen) atoms. The Bertz CT molecular complexity index is 1430. The molecule has 2 heterocycles. The molecule has 0 saturated carbocycles. The first-order valence-electron chi connectivity index (χ1n) is 9.23. The van der Waals surface area contributed by atoms with Gasteiger partial charge in [0, 0.05) is 17.1 Å². The van der Waals surface area contributed by atoms with Gasteiger partial charge in [-0.25, -0.2) is 27.8 Å². The van der Waals surface area contributed by atoms with E-state index in [-0.39, 0.29) is 22.3 Å². The van der Waals surface area contributed by atoms with Crippen LogP contribution in [0.3, 0.4) is 0 Å². The van der Waals surface area contributed by atoms with Crippen LogP contribution in [-0.4, -0.2) is 36.7 Å². The predicted molar refractivity (Wildman–Crippen MR) is 122 cm³/mol. The maximum absolute atomic E-state index is 14.4. The zero-order chi connectivity index (χ0) is 22.9. The maximum Gasteiger partial charge on any atom is 0.238 e. The van der Waals surface area contributed by atoms with Crippen LogP contribution < -0.4 is 14.8 Å². The van der Waals surface area contributed by atoms with Crippen molar-refractivity contribution < 1.29 is 17.5 Å². The SMILES string of the molecule is COc1ncc(-c2ccc3ncnc(Nc4cccc(Cl)c4F)c3c2)cc1NS(C)(=O)=O. The molecule has 0 aliphatic carbocycles. The molecule has 2 aromatic heterocycles. The monoisotopic (exact) mass is 473 g/mol. The molecule has 0 fully saturated rings. The average Bonchev–Trinajstić information content (AvgIpc) is 2.76. The van der Waals surface area contributed by atoms with E-state index in [2.05, 4.69) is 25.0 Å². The molecule has 0 spiro atoms. The molecule has 164 valence electrons. The topological polar surface area (TPSA) is 106 Å². The smallest absolute Gasteiger partial charge is 0.238 e. The molecule has 2 aromatic carbocycles. The molecule has 0 bridgehead atoms. The molecule has 0 amide bonds. The van der Waals surface area contributed by atoms with Crippen molar-refractivity contribution >= 4 is 49.7 Å². The van der Waals surface area contributed by atoms with Gasteiger partial charge in [0.15, 0.2) is 5.82 Å². The van der Waals surface area contributed by atoms with Gasteiger partial charge in [-0.2, -0.15) is 0 Å². The van der Waals surface area contributed by atoms with Crippen molar-refractivity contribution in [3.8, 4) is 17.0 Å². The van der Waals surface area contributed by atoms with Crippen LogP contribution in [0.15, 0.2) is 55.0 Å². The number of ether oxygens (including phenoxy) is 1. The van der Waals surface area contributed by atoms with Gasteiger partial charge in [0.25, 0.3) is 0 Å². The van der Waals surface area contributed by atoms with Crippen LogP contribution in [0.25, 0.3) is 22.0 Å². The molecule has 0 aliphatic rings. The lowest BCUT2D eigenvalue weighted by atomic mass is 10.0. The molecule has 0 radical (unpaired) electrons. The van der Waals surface area contributed by atoms with Crippen molar-refractivity contribution in [3.05, 3.63) is 65.8 Å². The normalized spacial score (nSPS) is 11.4. The van der Waals surface area contributed by atoms with Gasteiger partial charge in [-0.3, -0.25) is 4.72 Å². The number of halogens is 2. The third-order valence-electron chi connectivity index (χ3n) is 4.51. The first-order valence-corrected chi connectivity index (χ1v) is 11.5. The summed E-state index contributed by atoms with van der Waals surface area (Å²) in [6, 6.07) is 11.6. The molecule has 8 nitrogen and oxygen atoms in total. The molecule has 0 atom stereocenters. The zero-order valence-electron chi connectivity index (χ0n) is 16.9. The van der Waals surface area contributed by atoms with Crippen LogP contribution in [0.2, 0.25) is 5.02 Å². The molecule has 4 aromatic rings. The Kier molecular flexibility index (Phi) is 5.81. The lowest BCUT2D eigenvalue weighted by molar-refractivity contribution is 0.400. The Hall–Kier alpha value is -3.50. The number of nitrogens with one attached hydrogen (secondary N) is 2. The first-order chi connectivity index (χ1) is 15.2. The fourth-order valence-electron chi connectivity index (χ4n) is 3.11. The van der Waals surface area contributed by atoms with Crippen LogP contribution in [0.1, 0.15) is 0 Å². The third-order valence-corrected chi connectivity index (χ3v) is 5.40. The van der Waals surface area contributed by atoms with Crippen molar-refractivity contribution in [2.24, 2.45) is 0 Å². The summed E-state index contributed by atoms with van der Waals surface area (Å²) in [6.07, 6.45) is 3.97. The van der Waals surface area contributed by atoms with E-state index < -0.39 is 15.8 Å². The predicted octanol–water partition coefficient (Wildman–Crippen LogP) is 4.61. The van der Waals surface area contributed by atoms with Crippen molar-refractivity contribution in [1.82, 2.24) is 15.0 Å². The van der Waals surface area contributed by atoms with Crippen molar-refractivity contribution in [1.29, 1.82) is 0 Å². The molecule has 0 unspecified atom stereocenters. The highest BCUT2D eigenvalue weighted by molar-refractivity contribution is 7.92. The second kappa shape index (κ2) is 8.56. The van der Waals surface area contributed by atoms with Gasteiger partial charge in [0.1, 0.15) is 17.8 Å². The van der Waals surface area contributed by atoms with E-state index in [1.165, 1.54) is 19.5 Å². The molecular weight excluding hydrogens is 457 g/mol. The van der Waals surface area contributed by atoms with E-state index >= 15 is 0 Å². The number of nitrogens with zero attached hydrogens (tertiary/aromatic N) is 3. The molecule has 2 N–H and O–H groups in total. The third kappa shape index (κ3) is 4.56. The van der Waals surface area contributed by atoms with E-state index in [1.54, 1.807) is 36.5 Å². The number of rotatable bonds is 6. The van der Waals surface area contributed by atoms with Crippen molar-refractivity contribution in [2.45, 2.75) is 0 Å². The van der Waals surface area contributed by atoms with Crippen LogP contribution in [0, 0.1) is 5.82 Å². The van der Waals surface area contributed by atoms with Gasteiger partial charge >= 0.3 is 0 Å². The number of fused-ring (bicyclic) bond motifs is 1. The van der Waals surface area contributed by atoms with E-state index in [0.717, 1.165) is 6.26 Å². The van der Waals surface area contributed by atoms with Gasteiger partial charge in [0.2, 0.25) is 15.9 Å². The minimum atomic E-state index is -3.54. The number of hydrogen-bond acceptors (Lipinski definition) is 7. The van der Waals surface area contributed by atoms with Gasteiger partial charge in [-0.1, -0.05) is 23.7 Å². The summed E-state index contributed by atoms with van der Waals surface area (Å²) in [5.41, 5.74) is 2.35. The quantitative estimate of drug-likeness (QED) is 0.421. The highest BCUT2D eigenvalue weighted by Crippen LogP contribution is 2.33. The molecule has 4 rings (SSSR count). The second-order valence-corrected chi connectivity index (χ2v) is 8.99. The zero-order valence-corrected chi connectivity index (χ0v) is 18.5. The summed E-state index contributed by atoms with van der Waals surface area (Å²) in [5.74, 6) is -0.0658. The summed E-state index contributed by atoms with van der Waals surface area (Å²) in [5, 5.41) is 3.57. The molecular formula is C21H17ClFN5O3S. The first kappa shape index (κ1) is 21.7. The van der Waals surface area contributed by atoms with Crippen LogP contribution >= 0.6 is 11.6 Å². The minimum Gasteiger partial charge on any atom is -0.480 e. The Balaban J connectivity index is 1.79. The Morgan fingerprint density at radius 1 is 1.03 bits per heavy atom. The van der Waals surface area contributed by atoms with E-state index in [1.807, 2.05) is 6.07 Å². The largest absolute Gasteiger partial charge is 0.480 e. The van der Waals surface area contributed by atoms with E-state index in [9.17, 15) is 12.8 Å². The number of benzene rings is 2. The molecule has 0 saturated heterocycles. The summed E-state index contributed by atoms with van der Waals surface area (Å²) in [6.45, 7) is 0. The number of methoxy groups -OCH3 is 1. The number of hydrogen-bond donors (Lipinski definition) is 2. The number of aromatic nitrogens is 3. The van der Waals surface area contributed by atoms with Crippen LogP contribution in [-0.2, 0) is 10.0 Å². The average molecular weight is 474 g/mol. The lowest BCUT2D eigenvalue weighted by Crippen LogP contribution is -2.11. The Morgan fingerprint density at radius 3 is 2.59 bits per heavy atom. The fourth-order valence-corrected chi connectivity index (χ4v) is 3.83. The fraction of sp³-hybridized carbons (Fsp3) is 0.0952. The molecule has 0 aliphatic heterocycles. The summed E-state index contributed by atoms with van der Waals surface area (Å²) in [4.78, 5) is 12.7. The minimum absolute atomic E-state index is 0.00994. The number of anilines is 3. The highest BCUT2D eigenvalue weighted by Gasteiger charge is 2.14. The standard InChI is InChI=1S/C21H17ClFN5O3S/c1-31-21-18(28-32(2,29)30)9-13(10-24-21)12-6-7-16-14(8-12)20(26-11-25-16)27-17-5-3-4-15(22)19(17)23/h3-11,28H,1-2H3,(H,25,26,27). The Labute approximate surface area is 188 Å². The lowest BCUT2D eigenvalue weighted by Gasteiger charge is -2.13. The second-order valence-electron chi connectivity index (χ2n) is 6.84.